The van der Waals surface area contributed by atoms with Gasteiger partial charge in [-0.25, -0.2) is 0 Å². The molecule has 0 bridgehead atoms. The molecule has 116 valence electrons. The van der Waals surface area contributed by atoms with E-state index in [2.05, 4.69) is 88.6 Å². The van der Waals surface area contributed by atoms with Gasteiger partial charge in [-0.05, 0) is 69.6 Å². The highest BCUT2D eigenvalue weighted by Gasteiger charge is 2.00. The molecular weight excluding hydrogens is 397 g/mol. The molecule has 23 heavy (non-hydrogen) atoms. The predicted molar refractivity (Wildman–Crippen MR) is 105 cm³/mol. The Kier molecular flexibility index (Phi) is 5.18. The largest absolute Gasteiger partial charge is 0.497 e. The average Bonchev–Trinajstić information content (AvgIpc) is 2.61. The zero-order chi connectivity index (χ0) is 16.1. The quantitative estimate of drug-likeness (QED) is 0.550. The summed E-state index contributed by atoms with van der Waals surface area (Å²) in [5.41, 5.74) is 4.82. The maximum atomic E-state index is 5.20. The Morgan fingerprint density at radius 2 is 1.52 bits per heavy atom. The van der Waals surface area contributed by atoms with Gasteiger partial charge in [-0.15, -0.1) is 0 Å². The molecule has 0 aromatic heterocycles. The van der Waals surface area contributed by atoms with Gasteiger partial charge >= 0.3 is 0 Å². The fraction of sp³-hybridized carbons (Fsp3) is 0.100. The molecule has 0 spiro atoms. The van der Waals surface area contributed by atoms with Crippen molar-refractivity contribution < 1.29 is 4.74 Å². The molecule has 0 amide bonds. The summed E-state index contributed by atoms with van der Waals surface area (Å²) in [6.07, 6.45) is 0. The molecule has 0 aliphatic heterocycles. The summed E-state index contributed by atoms with van der Waals surface area (Å²) in [6.45, 7) is 0.822. The molecule has 3 aromatic rings. The zero-order valence-corrected chi connectivity index (χ0v) is 15.1. The van der Waals surface area contributed by atoms with Gasteiger partial charge in [0.1, 0.15) is 5.75 Å². The summed E-state index contributed by atoms with van der Waals surface area (Å²) in [6, 6.07) is 25.2. The molecule has 0 aliphatic rings. The van der Waals surface area contributed by atoms with E-state index in [1.807, 2.05) is 12.1 Å². The molecule has 0 aliphatic carbocycles. The highest BCUT2D eigenvalue weighted by atomic mass is 127. The summed E-state index contributed by atoms with van der Waals surface area (Å²) < 4.78 is 6.44. The van der Waals surface area contributed by atoms with Crippen molar-refractivity contribution in [2.75, 3.05) is 12.4 Å². The maximum Gasteiger partial charge on any atom is 0.118 e. The third-order valence-electron chi connectivity index (χ3n) is 3.70. The van der Waals surface area contributed by atoms with Crippen LogP contribution in [0.5, 0.6) is 5.75 Å². The highest BCUT2D eigenvalue weighted by Crippen LogP contribution is 2.23. The van der Waals surface area contributed by atoms with Crippen molar-refractivity contribution in [3.8, 4) is 16.9 Å². The van der Waals surface area contributed by atoms with E-state index < -0.39 is 0 Å². The van der Waals surface area contributed by atoms with Gasteiger partial charge in [-0.1, -0.05) is 42.5 Å². The molecule has 2 nitrogen and oxygen atoms in total. The van der Waals surface area contributed by atoms with Gasteiger partial charge in [-0.2, -0.15) is 0 Å². The topological polar surface area (TPSA) is 21.3 Å². The Balaban J connectivity index is 1.66. The number of ether oxygens (including phenoxy) is 1. The lowest BCUT2D eigenvalue weighted by molar-refractivity contribution is 0.415. The van der Waals surface area contributed by atoms with E-state index in [0.29, 0.717) is 0 Å². The summed E-state index contributed by atoms with van der Waals surface area (Å²) >= 11 is 2.33. The number of hydrogen-bond donors (Lipinski definition) is 1. The molecule has 0 atom stereocenters. The lowest BCUT2D eigenvalue weighted by atomic mass is 10.0. The molecule has 0 saturated heterocycles. The molecular formula is C20H18INO. The predicted octanol–water partition coefficient (Wildman–Crippen LogP) is 5.58. The second kappa shape index (κ2) is 7.51. The van der Waals surface area contributed by atoms with Crippen molar-refractivity contribution in [3.63, 3.8) is 0 Å². The van der Waals surface area contributed by atoms with E-state index in [9.17, 15) is 0 Å². The van der Waals surface area contributed by atoms with Crippen LogP contribution in [0.3, 0.4) is 0 Å². The van der Waals surface area contributed by atoms with Gasteiger partial charge in [0.2, 0.25) is 0 Å². The van der Waals surface area contributed by atoms with Crippen molar-refractivity contribution in [2.24, 2.45) is 0 Å². The van der Waals surface area contributed by atoms with E-state index >= 15 is 0 Å². The standard InChI is InChI=1S/C20H18INO/c1-23-20-11-9-17(10-12-20)16-7-5-15(6-8-16)14-22-19-4-2-3-18(21)13-19/h2-13,22H,14H2,1H3. The van der Waals surface area contributed by atoms with Gasteiger partial charge in [0.15, 0.2) is 0 Å². The normalized spacial score (nSPS) is 10.3. The molecule has 0 saturated carbocycles. The number of nitrogens with one attached hydrogen (secondary N) is 1. The minimum absolute atomic E-state index is 0.822. The molecule has 0 fully saturated rings. The third-order valence-corrected chi connectivity index (χ3v) is 4.37. The first-order valence-electron chi connectivity index (χ1n) is 7.47. The van der Waals surface area contributed by atoms with Crippen LogP contribution in [0.2, 0.25) is 0 Å². The minimum Gasteiger partial charge on any atom is -0.497 e. The summed E-state index contributed by atoms with van der Waals surface area (Å²) in [7, 11) is 1.69. The van der Waals surface area contributed by atoms with Gasteiger partial charge < -0.3 is 10.1 Å². The van der Waals surface area contributed by atoms with E-state index in [4.69, 9.17) is 4.74 Å². The first-order chi connectivity index (χ1) is 11.2. The number of benzene rings is 3. The van der Waals surface area contributed by atoms with Crippen LogP contribution in [0, 0.1) is 3.57 Å². The number of rotatable bonds is 5. The van der Waals surface area contributed by atoms with Crippen LogP contribution in [0.15, 0.2) is 72.8 Å². The molecule has 0 unspecified atom stereocenters. The van der Waals surface area contributed by atoms with Crippen LogP contribution >= 0.6 is 22.6 Å². The molecule has 0 heterocycles. The lowest BCUT2D eigenvalue weighted by Gasteiger charge is -2.08. The first-order valence-corrected chi connectivity index (χ1v) is 8.55. The average molecular weight is 415 g/mol. The second-order valence-corrected chi connectivity index (χ2v) is 6.53. The maximum absolute atomic E-state index is 5.20. The third kappa shape index (κ3) is 4.26. The van der Waals surface area contributed by atoms with Crippen molar-refractivity contribution in [2.45, 2.75) is 6.54 Å². The molecule has 3 heteroatoms. The molecule has 3 aromatic carbocycles. The Hall–Kier alpha value is -2.01. The van der Waals surface area contributed by atoms with Gasteiger partial charge in [-0.3, -0.25) is 0 Å². The first kappa shape index (κ1) is 15.9. The fourth-order valence-corrected chi connectivity index (χ4v) is 2.94. The lowest BCUT2D eigenvalue weighted by Crippen LogP contribution is -1.99. The Bertz CT molecular complexity index is 766. The van der Waals surface area contributed by atoms with Crippen LogP contribution < -0.4 is 10.1 Å². The Morgan fingerprint density at radius 3 is 2.13 bits per heavy atom. The molecule has 3 rings (SSSR count). The summed E-state index contributed by atoms with van der Waals surface area (Å²) in [5, 5.41) is 3.45. The molecule has 1 N–H and O–H groups in total. The van der Waals surface area contributed by atoms with E-state index in [0.717, 1.165) is 18.0 Å². The van der Waals surface area contributed by atoms with Crippen LogP contribution in [0.4, 0.5) is 5.69 Å². The van der Waals surface area contributed by atoms with Crippen LogP contribution in [-0.2, 0) is 6.54 Å². The monoisotopic (exact) mass is 415 g/mol. The van der Waals surface area contributed by atoms with Crippen molar-refractivity contribution in [3.05, 3.63) is 81.9 Å². The van der Waals surface area contributed by atoms with Crippen LogP contribution in [0.25, 0.3) is 11.1 Å². The fourth-order valence-electron chi connectivity index (χ4n) is 2.40. The summed E-state index contributed by atoms with van der Waals surface area (Å²) in [5.74, 6) is 0.882. The molecule has 0 radical (unpaired) electrons. The number of methoxy groups -OCH3 is 1. The van der Waals surface area contributed by atoms with Gasteiger partial charge in [0.05, 0.1) is 7.11 Å². The highest BCUT2D eigenvalue weighted by molar-refractivity contribution is 14.1. The Labute approximate surface area is 150 Å². The summed E-state index contributed by atoms with van der Waals surface area (Å²) in [4.78, 5) is 0. The SMILES string of the molecule is COc1ccc(-c2ccc(CNc3cccc(I)c3)cc2)cc1. The zero-order valence-electron chi connectivity index (χ0n) is 12.9. The number of anilines is 1. The second-order valence-electron chi connectivity index (χ2n) is 5.29. The van der Waals surface area contributed by atoms with Crippen molar-refractivity contribution in [1.29, 1.82) is 0 Å². The Morgan fingerprint density at radius 1 is 0.870 bits per heavy atom. The number of halogens is 1. The van der Waals surface area contributed by atoms with E-state index in [1.165, 1.54) is 20.3 Å². The van der Waals surface area contributed by atoms with Crippen molar-refractivity contribution >= 4 is 28.3 Å². The van der Waals surface area contributed by atoms with Crippen LogP contribution in [0.1, 0.15) is 5.56 Å². The van der Waals surface area contributed by atoms with Crippen LogP contribution in [-0.4, -0.2) is 7.11 Å². The van der Waals surface area contributed by atoms with Crippen molar-refractivity contribution in [1.82, 2.24) is 0 Å². The van der Waals surface area contributed by atoms with E-state index in [1.54, 1.807) is 7.11 Å². The smallest absolute Gasteiger partial charge is 0.118 e. The number of hydrogen-bond acceptors (Lipinski definition) is 2. The van der Waals surface area contributed by atoms with Gasteiger partial charge in [0.25, 0.3) is 0 Å². The minimum atomic E-state index is 0.822. The van der Waals surface area contributed by atoms with E-state index in [-0.39, 0.29) is 0 Å². The van der Waals surface area contributed by atoms with Gasteiger partial charge in [0, 0.05) is 15.8 Å².